The minimum Gasteiger partial charge on any atom is -0.326 e. The summed E-state index contributed by atoms with van der Waals surface area (Å²) in [5.74, 6) is -0.403. The van der Waals surface area contributed by atoms with E-state index in [1.165, 1.54) is 6.07 Å². The van der Waals surface area contributed by atoms with E-state index in [0.717, 1.165) is 5.56 Å². The molecule has 4 heteroatoms. The Morgan fingerprint density at radius 3 is 2.65 bits per heavy atom. The van der Waals surface area contributed by atoms with Gasteiger partial charge in [0.05, 0.1) is 4.47 Å². The molecule has 2 aromatic carbocycles. The fourth-order valence-corrected chi connectivity index (χ4v) is 2.24. The van der Waals surface area contributed by atoms with Crippen molar-refractivity contribution in [1.82, 2.24) is 0 Å². The molecular weight excluding hydrogens is 321 g/mol. The standard InChI is InChI=1S/C16H15BrFNO/c1-11-9-14(18)13(17)10-15(11)19-16(20)8-7-12-5-3-2-4-6-12/h2-6,9-10H,7-8H2,1H3,(H,19,20). The van der Waals surface area contributed by atoms with E-state index in [1.807, 2.05) is 30.3 Å². The molecule has 0 saturated heterocycles. The van der Waals surface area contributed by atoms with Crippen molar-refractivity contribution in [1.29, 1.82) is 0 Å². The number of anilines is 1. The van der Waals surface area contributed by atoms with Crippen LogP contribution in [0.5, 0.6) is 0 Å². The van der Waals surface area contributed by atoms with Crippen LogP contribution in [0.3, 0.4) is 0 Å². The number of aryl methyl sites for hydroxylation is 2. The van der Waals surface area contributed by atoms with Crippen molar-refractivity contribution in [2.24, 2.45) is 0 Å². The summed E-state index contributed by atoms with van der Waals surface area (Å²) in [6.45, 7) is 1.77. The van der Waals surface area contributed by atoms with E-state index in [9.17, 15) is 9.18 Å². The second-order valence-corrected chi connectivity index (χ2v) is 5.47. The Morgan fingerprint density at radius 2 is 1.95 bits per heavy atom. The SMILES string of the molecule is Cc1cc(F)c(Br)cc1NC(=O)CCc1ccccc1. The lowest BCUT2D eigenvalue weighted by molar-refractivity contribution is -0.116. The van der Waals surface area contributed by atoms with Gasteiger partial charge in [-0.15, -0.1) is 0 Å². The molecule has 0 spiro atoms. The Bertz CT molecular complexity index is 613. The summed E-state index contributed by atoms with van der Waals surface area (Å²) in [5, 5.41) is 2.81. The molecule has 0 bridgehead atoms. The van der Waals surface area contributed by atoms with Crippen molar-refractivity contribution in [2.45, 2.75) is 19.8 Å². The molecule has 2 aromatic rings. The van der Waals surface area contributed by atoms with E-state index in [0.29, 0.717) is 28.6 Å². The maximum Gasteiger partial charge on any atom is 0.224 e. The molecule has 0 fully saturated rings. The van der Waals surface area contributed by atoms with Crippen molar-refractivity contribution >= 4 is 27.5 Å². The van der Waals surface area contributed by atoms with E-state index in [1.54, 1.807) is 13.0 Å². The van der Waals surface area contributed by atoms with Gasteiger partial charge in [-0.3, -0.25) is 4.79 Å². The lowest BCUT2D eigenvalue weighted by Gasteiger charge is -2.09. The molecule has 0 aromatic heterocycles. The summed E-state index contributed by atoms with van der Waals surface area (Å²) < 4.78 is 13.7. The van der Waals surface area contributed by atoms with Crippen LogP contribution >= 0.6 is 15.9 Å². The van der Waals surface area contributed by atoms with Crippen LogP contribution in [0.1, 0.15) is 17.5 Å². The number of carbonyl (C=O) groups is 1. The number of nitrogens with one attached hydrogen (secondary N) is 1. The van der Waals surface area contributed by atoms with E-state index in [2.05, 4.69) is 21.2 Å². The molecule has 0 aliphatic heterocycles. The van der Waals surface area contributed by atoms with Gasteiger partial charge in [0.1, 0.15) is 5.82 Å². The number of rotatable bonds is 4. The molecule has 0 saturated carbocycles. The molecule has 0 atom stereocenters. The number of benzene rings is 2. The number of carbonyl (C=O) groups excluding carboxylic acids is 1. The summed E-state index contributed by atoms with van der Waals surface area (Å²) in [7, 11) is 0. The lowest BCUT2D eigenvalue weighted by atomic mass is 10.1. The molecule has 0 heterocycles. The number of amides is 1. The van der Waals surface area contributed by atoms with Crippen molar-refractivity contribution in [3.63, 3.8) is 0 Å². The van der Waals surface area contributed by atoms with Gasteiger partial charge in [0.2, 0.25) is 5.91 Å². The highest BCUT2D eigenvalue weighted by Gasteiger charge is 2.08. The summed E-state index contributed by atoms with van der Waals surface area (Å²) in [4.78, 5) is 11.9. The molecule has 1 N–H and O–H groups in total. The van der Waals surface area contributed by atoms with Crippen LogP contribution in [0, 0.1) is 12.7 Å². The highest BCUT2D eigenvalue weighted by atomic mass is 79.9. The maximum atomic E-state index is 13.3. The third kappa shape index (κ3) is 3.90. The van der Waals surface area contributed by atoms with Gasteiger partial charge < -0.3 is 5.32 Å². The maximum absolute atomic E-state index is 13.3. The first kappa shape index (κ1) is 14.7. The zero-order valence-corrected chi connectivity index (χ0v) is 12.7. The minimum atomic E-state index is -0.329. The van der Waals surface area contributed by atoms with Gasteiger partial charge in [-0.1, -0.05) is 30.3 Å². The second kappa shape index (κ2) is 6.66. The van der Waals surface area contributed by atoms with Gasteiger partial charge >= 0.3 is 0 Å². The minimum absolute atomic E-state index is 0.0736. The number of hydrogen-bond acceptors (Lipinski definition) is 1. The van der Waals surface area contributed by atoms with Crippen LogP contribution < -0.4 is 5.32 Å². The summed E-state index contributed by atoms with van der Waals surface area (Å²) in [6, 6.07) is 12.8. The lowest BCUT2D eigenvalue weighted by Crippen LogP contribution is -2.13. The average Bonchev–Trinajstić information content (AvgIpc) is 2.44. The first-order valence-electron chi connectivity index (χ1n) is 6.35. The molecule has 0 radical (unpaired) electrons. The second-order valence-electron chi connectivity index (χ2n) is 4.62. The van der Waals surface area contributed by atoms with E-state index in [-0.39, 0.29) is 11.7 Å². The van der Waals surface area contributed by atoms with Crippen LogP contribution in [0.2, 0.25) is 0 Å². The Balaban J connectivity index is 1.97. The molecule has 104 valence electrons. The van der Waals surface area contributed by atoms with Gasteiger partial charge in [-0.05, 0) is 52.5 Å². The predicted octanol–water partition coefficient (Wildman–Crippen LogP) is 4.47. The van der Waals surface area contributed by atoms with E-state index < -0.39 is 0 Å². The Morgan fingerprint density at radius 1 is 1.25 bits per heavy atom. The smallest absolute Gasteiger partial charge is 0.224 e. The summed E-state index contributed by atoms with van der Waals surface area (Å²) in [5.41, 5.74) is 2.47. The monoisotopic (exact) mass is 335 g/mol. The zero-order chi connectivity index (χ0) is 14.5. The van der Waals surface area contributed by atoms with Gasteiger partial charge in [-0.25, -0.2) is 4.39 Å². The molecule has 2 nitrogen and oxygen atoms in total. The zero-order valence-electron chi connectivity index (χ0n) is 11.1. The van der Waals surface area contributed by atoms with E-state index >= 15 is 0 Å². The normalized spacial score (nSPS) is 10.3. The Labute approximate surface area is 126 Å². The third-order valence-corrected chi connectivity index (χ3v) is 3.63. The molecular formula is C16H15BrFNO. The highest BCUT2D eigenvalue weighted by Crippen LogP contribution is 2.24. The molecule has 0 aliphatic carbocycles. The van der Waals surface area contributed by atoms with Crippen LogP contribution in [-0.2, 0) is 11.2 Å². The average molecular weight is 336 g/mol. The summed E-state index contributed by atoms with van der Waals surface area (Å²) >= 11 is 3.12. The topological polar surface area (TPSA) is 29.1 Å². The van der Waals surface area contributed by atoms with Crippen LogP contribution in [0.25, 0.3) is 0 Å². The number of hydrogen-bond donors (Lipinski definition) is 1. The largest absolute Gasteiger partial charge is 0.326 e. The van der Waals surface area contributed by atoms with Crippen LogP contribution in [0.15, 0.2) is 46.9 Å². The quantitative estimate of drug-likeness (QED) is 0.877. The van der Waals surface area contributed by atoms with Crippen molar-refractivity contribution < 1.29 is 9.18 Å². The van der Waals surface area contributed by atoms with Gasteiger partial charge in [0.25, 0.3) is 0 Å². The molecule has 1 amide bonds. The third-order valence-electron chi connectivity index (χ3n) is 3.02. The van der Waals surface area contributed by atoms with Gasteiger partial charge in [0, 0.05) is 12.1 Å². The predicted molar refractivity (Wildman–Crippen MR) is 82.2 cm³/mol. The Hall–Kier alpha value is -1.68. The van der Waals surface area contributed by atoms with Crippen LogP contribution in [-0.4, -0.2) is 5.91 Å². The molecule has 2 rings (SSSR count). The fourth-order valence-electron chi connectivity index (χ4n) is 1.90. The molecule has 0 unspecified atom stereocenters. The summed E-state index contributed by atoms with van der Waals surface area (Å²) in [6.07, 6.45) is 1.09. The van der Waals surface area contributed by atoms with Crippen molar-refractivity contribution in [3.8, 4) is 0 Å². The number of halogens is 2. The van der Waals surface area contributed by atoms with Crippen molar-refractivity contribution in [3.05, 3.63) is 63.9 Å². The van der Waals surface area contributed by atoms with Gasteiger partial charge in [-0.2, -0.15) is 0 Å². The highest BCUT2D eigenvalue weighted by molar-refractivity contribution is 9.10. The van der Waals surface area contributed by atoms with Crippen molar-refractivity contribution in [2.75, 3.05) is 5.32 Å². The Kier molecular flexibility index (Phi) is 4.90. The van der Waals surface area contributed by atoms with Gasteiger partial charge in [0.15, 0.2) is 0 Å². The fraction of sp³-hybridized carbons (Fsp3) is 0.188. The first-order valence-corrected chi connectivity index (χ1v) is 7.15. The first-order chi connectivity index (χ1) is 9.56. The molecule has 0 aliphatic rings. The van der Waals surface area contributed by atoms with E-state index in [4.69, 9.17) is 0 Å². The van der Waals surface area contributed by atoms with Crippen LogP contribution in [0.4, 0.5) is 10.1 Å². The molecule has 20 heavy (non-hydrogen) atoms.